The Morgan fingerprint density at radius 1 is 1.24 bits per heavy atom. The van der Waals surface area contributed by atoms with E-state index in [9.17, 15) is 4.79 Å². The minimum absolute atomic E-state index is 0.0254. The van der Waals surface area contributed by atoms with Gasteiger partial charge in [0.15, 0.2) is 0 Å². The third-order valence-electron chi connectivity index (χ3n) is 3.79. The Kier molecular flexibility index (Phi) is 4.36. The maximum Gasteiger partial charge on any atom is 0.237 e. The molecule has 2 aromatic rings. The van der Waals surface area contributed by atoms with Crippen LogP contribution in [0.1, 0.15) is 12.8 Å². The highest BCUT2D eigenvalue weighted by Crippen LogP contribution is 2.24. The predicted octanol–water partition coefficient (Wildman–Crippen LogP) is 2.09. The molecular weight excluding hydrogens is 264 g/mol. The van der Waals surface area contributed by atoms with E-state index in [1.165, 1.54) is 0 Å². The van der Waals surface area contributed by atoms with Gasteiger partial charge < -0.3 is 15.4 Å². The molecule has 1 saturated heterocycles. The Morgan fingerprint density at radius 3 is 2.95 bits per heavy atom. The summed E-state index contributed by atoms with van der Waals surface area (Å²) in [7, 11) is 0. The summed E-state index contributed by atoms with van der Waals surface area (Å²) in [5.41, 5.74) is 0. The fourth-order valence-corrected chi connectivity index (χ4v) is 2.69. The topological polar surface area (TPSA) is 50.4 Å². The van der Waals surface area contributed by atoms with Crippen molar-refractivity contribution in [3.8, 4) is 5.75 Å². The molecule has 4 heteroatoms. The highest BCUT2D eigenvalue weighted by Gasteiger charge is 2.21. The van der Waals surface area contributed by atoms with Crippen LogP contribution in [0.25, 0.3) is 10.8 Å². The van der Waals surface area contributed by atoms with E-state index in [-0.39, 0.29) is 11.9 Å². The van der Waals surface area contributed by atoms with Crippen LogP contribution in [0.5, 0.6) is 5.75 Å². The first kappa shape index (κ1) is 13.9. The van der Waals surface area contributed by atoms with Gasteiger partial charge in [0.05, 0.1) is 12.6 Å². The zero-order valence-corrected chi connectivity index (χ0v) is 12.0. The summed E-state index contributed by atoms with van der Waals surface area (Å²) < 4.78 is 5.80. The normalized spacial score (nSPS) is 17.8. The van der Waals surface area contributed by atoms with E-state index in [1.807, 2.05) is 30.3 Å². The van der Waals surface area contributed by atoms with Crippen LogP contribution in [0, 0.1) is 0 Å². The van der Waals surface area contributed by atoms with Crippen LogP contribution in [-0.2, 0) is 4.79 Å². The van der Waals surface area contributed by atoms with Crippen LogP contribution < -0.4 is 15.4 Å². The number of rotatable bonds is 5. The number of hydrogen-bond acceptors (Lipinski definition) is 3. The molecule has 3 rings (SSSR count). The van der Waals surface area contributed by atoms with Crippen molar-refractivity contribution in [1.29, 1.82) is 0 Å². The Labute approximate surface area is 124 Å². The molecular formula is C17H20N2O2. The first-order valence-corrected chi connectivity index (χ1v) is 7.46. The second-order valence-electron chi connectivity index (χ2n) is 5.27. The average Bonchev–Trinajstić information content (AvgIpc) is 3.06. The molecule has 0 radical (unpaired) electrons. The average molecular weight is 284 g/mol. The number of carbonyl (C=O) groups is 1. The van der Waals surface area contributed by atoms with Gasteiger partial charge in [-0.05, 0) is 30.8 Å². The fraction of sp³-hybridized carbons (Fsp3) is 0.353. The second kappa shape index (κ2) is 6.59. The molecule has 4 nitrogen and oxygen atoms in total. The number of fused-ring (bicyclic) bond motifs is 1. The highest BCUT2D eigenvalue weighted by atomic mass is 16.5. The third kappa shape index (κ3) is 3.34. The number of benzene rings is 2. The maximum absolute atomic E-state index is 11.8. The SMILES string of the molecule is O=C(NCCOc1cccc2ccccc12)C1CCCN1. The lowest BCUT2D eigenvalue weighted by Gasteiger charge is -2.12. The monoisotopic (exact) mass is 284 g/mol. The molecule has 1 amide bonds. The van der Waals surface area contributed by atoms with Crippen LogP contribution in [0.15, 0.2) is 42.5 Å². The second-order valence-corrected chi connectivity index (χ2v) is 5.27. The summed E-state index contributed by atoms with van der Waals surface area (Å²) in [5, 5.41) is 8.36. The van der Waals surface area contributed by atoms with E-state index in [2.05, 4.69) is 22.8 Å². The first-order valence-electron chi connectivity index (χ1n) is 7.46. The quantitative estimate of drug-likeness (QED) is 0.827. The molecule has 1 aliphatic rings. The van der Waals surface area contributed by atoms with Crippen molar-refractivity contribution in [1.82, 2.24) is 10.6 Å². The van der Waals surface area contributed by atoms with Gasteiger partial charge >= 0.3 is 0 Å². The summed E-state index contributed by atoms with van der Waals surface area (Å²) in [6.45, 7) is 1.94. The van der Waals surface area contributed by atoms with Gasteiger partial charge in [-0.25, -0.2) is 0 Å². The molecule has 1 fully saturated rings. The van der Waals surface area contributed by atoms with E-state index in [1.54, 1.807) is 0 Å². The molecule has 1 aliphatic heterocycles. The number of hydrogen-bond donors (Lipinski definition) is 2. The molecule has 1 heterocycles. The number of carbonyl (C=O) groups excluding carboxylic acids is 1. The van der Waals surface area contributed by atoms with E-state index in [4.69, 9.17) is 4.74 Å². The Balaban J connectivity index is 1.51. The van der Waals surface area contributed by atoms with Crippen LogP contribution >= 0.6 is 0 Å². The van der Waals surface area contributed by atoms with E-state index in [0.717, 1.165) is 35.9 Å². The lowest BCUT2D eigenvalue weighted by molar-refractivity contribution is -0.122. The largest absolute Gasteiger partial charge is 0.491 e. The molecule has 0 bridgehead atoms. The summed E-state index contributed by atoms with van der Waals surface area (Å²) in [4.78, 5) is 11.8. The van der Waals surface area contributed by atoms with Gasteiger partial charge in [-0.15, -0.1) is 0 Å². The van der Waals surface area contributed by atoms with Gasteiger partial charge in [-0.1, -0.05) is 36.4 Å². The summed E-state index contributed by atoms with van der Waals surface area (Å²) >= 11 is 0. The smallest absolute Gasteiger partial charge is 0.237 e. The molecule has 0 aromatic heterocycles. The molecule has 1 atom stereocenters. The Bertz CT molecular complexity index is 616. The molecule has 2 N–H and O–H groups in total. The number of nitrogens with one attached hydrogen (secondary N) is 2. The van der Waals surface area contributed by atoms with Crippen LogP contribution in [-0.4, -0.2) is 31.6 Å². The maximum atomic E-state index is 11.8. The molecule has 2 aromatic carbocycles. The van der Waals surface area contributed by atoms with Crippen molar-refractivity contribution in [3.63, 3.8) is 0 Å². The minimum Gasteiger partial charge on any atom is -0.491 e. The highest BCUT2D eigenvalue weighted by molar-refractivity contribution is 5.88. The van der Waals surface area contributed by atoms with E-state index in [0.29, 0.717) is 13.2 Å². The van der Waals surface area contributed by atoms with Crippen LogP contribution in [0.2, 0.25) is 0 Å². The van der Waals surface area contributed by atoms with Crippen molar-refractivity contribution < 1.29 is 9.53 Å². The molecule has 21 heavy (non-hydrogen) atoms. The van der Waals surface area contributed by atoms with Crippen molar-refractivity contribution >= 4 is 16.7 Å². The predicted molar refractivity (Wildman–Crippen MR) is 83.5 cm³/mol. The van der Waals surface area contributed by atoms with Crippen molar-refractivity contribution in [3.05, 3.63) is 42.5 Å². The Morgan fingerprint density at radius 2 is 2.10 bits per heavy atom. The molecule has 0 spiro atoms. The lowest BCUT2D eigenvalue weighted by atomic mass is 10.1. The first-order chi connectivity index (χ1) is 10.3. The van der Waals surface area contributed by atoms with Gasteiger partial charge in [0, 0.05) is 5.39 Å². The van der Waals surface area contributed by atoms with Crippen molar-refractivity contribution in [2.45, 2.75) is 18.9 Å². The molecule has 110 valence electrons. The van der Waals surface area contributed by atoms with Crippen LogP contribution in [0.4, 0.5) is 0 Å². The summed E-state index contributed by atoms with van der Waals surface area (Å²) in [5.74, 6) is 0.940. The zero-order valence-electron chi connectivity index (χ0n) is 12.0. The van der Waals surface area contributed by atoms with Gasteiger partial charge in [-0.3, -0.25) is 4.79 Å². The molecule has 1 unspecified atom stereocenters. The van der Waals surface area contributed by atoms with Gasteiger partial charge in [-0.2, -0.15) is 0 Å². The van der Waals surface area contributed by atoms with Crippen molar-refractivity contribution in [2.24, 2.45) is 0 Å². The third-order valence-corrected chi connectivity index (χ3v) is 3.79. The van der Waals surface area contributed by atoms with Gasteiger partial charge in [0.1, 0.15) is 12.4 Å². The van der Waals surface area contributed by atoms with Crippen molar-refractivity contribution in [2.75, 3.05) is 19.7 Å². The van der Waals surface area contributed by atoms with Gasteiger partial charge in [0.2, 0.25) is 5.91 Å². The van der Waals surface area contributed by atoms with Gasteiger partial charge in [0.25, 0.3) is 0 Å². The van der Waals surface area contributed by atoms with Crippen LogP contribution in [0.3, 0.4) is 0 Å². The molecule has 0 aliphatic carbocycles. The zero-order chi connectivity index (χ0) is 14.5. The number of ether oxygens (including phenoxy) is 1. The fourth-order valence-electron chi connectivity index (χ4n) is 2.69. The summed E-state index contributed by atoms with van der Waals surface area (Å²) in [6.07, 6.45) is 2.00. The van der Waals surface area contributed by atoms with E-state index < -0.39 is 0 Å². The Hall–Kier alpha value is -2.07. The lowest BCUT2D eigenvalue weighted by Crippen LogP contribution is -2.41. The number of amides is 1. The standard InChI is InChI=1S/C17H20N2O2/c20-17(15-8-4-10-18-15)19-11-12-21-16-9-3-6-13-5-1-2-7-14(13)16/h1-3,5-7,9,15,18H,4,8,10-12H2,(H,19,20). The minimum atomic E-state index is -0.0254. The van der Waals surface area contributed by atoms with E-state index >= 15 is 0 Å². The molecule has 0 saturated carbocycles. The summed E-state index contributed by atoms with van der Waals surface area (Å²) in [6, 6.07) is 14.1.